The molecule has 0 saturated heterocycles. The second-order valence-corrected chi connectivity index (χ2v) is 7.87. The van der Waals surface area contributed by atoms with Crippen LogP contribution in [-0.2, 0) is 6.42 Å². The van der Waals surface area contributed by atoms with Crippen LogP contribution in [0.4, 0.5) is 0 Å². The van der Waals surface area contributed by atoms with Gasteiger partial charge in [-0.05, 0) is 54.3 Å². The largest absolute Gasteiger partial charge is 0.475 e. The van der Waals surface area contributed by atoms with Crippen molar-refractivity contribution in [1.29, 1.82) is 5.26 Å². The minimum absolute atomic E-state index is 0.156. The van der Waals surface area contributed by atoms with Crippen molar-refractivity contribution in [2.24, 2.45) is 0 Å². The lowest BCUT2D eigenvalue weighted by atomic mass is 9.97. The maximum Gasteiger partial charge on any atom is 0.251 e. The number of ether oxygens (including phenoxy) is 1. The van der Waals surface area contributed by atoms with Gasteiger partial charge in [-0.2, -0.15) is 5.26 Å². The predicted molar refractivity (Wildman–Crippen MR) is 122 cm³/mol. The molecule has 0 spiro atoms. The van der Waals surface area contributed by atoms with E-state index in [4.69, 9.17) is 32.9 Å². The van der Waals surface area contributed by atoms with Gasteiger partial charge in [0.25, 0.3) is 5.88 Å². The maximum atomic E-state index is 9.69. The molecular formula is C24H18Cl2N4O. The van der Waals surface area contributed by atoms with Gasteiger partial charge in [-0.15, -0.1) is 0 Å². The zero-order chi connectivity index (χ0) is 21.6. The molecule has 3 aromatic rings. The third kappa shape index (κ3) is 5.11. The first kappa shape index (κ1) is 21.0. The van der Waals surface area contributed by atoms with Crippen LogP contribution in [0.2, 0.25) is 5.02 Å². The number of aromatic nitrogens is 3. The van der Waals surface area contributed by atoms with E-state index in [1.165, 1.54) is 0 Å². The highest BCUT2D eigenvalue weighted by atomic mass is 35.5. The lowest BCUT2D eigenvalue weighted by Gasteiger charge is -2.16. The highest BCUT2D eigenvalue weighted by Crippen LogP contribution is 2.35. The molecule has 4 rings (SSSR count). The quantitative estimate of drug-likeness (QED) is 0.463. The third-order valence-corrected chi connectivity index (χ3v) is 5.44. The molecule has 0 unspecified atom stereocenters. The smallest absolute Gasteiger partial charge is 0.251 e. The Hall–Kier alpha value is -3.20. The van der Waals surface area contributed by atoms with Crippen molar-refractivity contribution >= 4 is 28.8 Å². The van der Waals surface area contributed by atoms with Gasteiger partial charge in [-0.3, -0.25) is 4.98 Å². The normalized spacial score (nSPS) is 13.2. The van der Waals surface area contributed by atoms with Crippen molar-refractivity contribution < 1.29 is 4.74 Å². The highest BCUT2D eigenvalue weighted by molar-refractivity contribution is 6.30. The number of nitrogens with zero attached hydrogens (tertiary/aromatic N) is 4. The van der Waals surface area contributed by atoms with E-state index in [2.05, 4.69) is 16.0 Å². The van der Waals surface area contributed by atoms with Gasteiger partial charge in [0.1, 0.15) is 11.8 Å². The van der Waals surface area contributed by atoms with Crippen molar-refractivity contribution in [2.45, 2.75) is 19.3 Å². The van der Waals surface area contributed by atoms with Gasteiger partial charge in [0.2, 0.25) is 5.69 Å². The first-order valence-electron chi connectivity index (χ1n) is 9.79. The molecule has 0 aliphatic heterocycles. The fraction of sp³-hybridized carbons (Fsp3) is 0.167. The number of nitriles is 1. The lowest BCUT2D eigenvalue weighted by molar-refractivity contribution is 0.307. The van der Waals surface area contributed by atoms with E-state index in [1.54, 1.807) is 24.5 Å². The number of rotatable bonds is 6. The standard InChI is InChI=1S/C24H18Cl2N4O/c25-19-5-1-17(2-6-19)22-23(18-3-7-20(26)8-4-18)30-24(21(15-27)29-22)31-14-11-16-9-12-28-13-10-16/h1,3-5,7-10,12-13H,2,6,11,14H2. The molecule has 31 heavy (non-hydrogen) atoms. The summed E-state index contributed by atoms with van der Waals surface area (Å²) in [4.78, 5) is 13.4. The summed E-state index contributed by atoms with van der Waals surface area (Å²) in [5, 5.41) is 11.1. The van der Waals surface area contributed by atoms with Gasteiger partial charge in [0, 0.05) is 34.4 Å². The van der Waals surface area contributed by atoms with Crippen LogP contribution in [0.1, 0.15) is 29.8 Å². The fourth-order valence-electron chi connectivity index (χ4n) is 3.25. The van der Waals surface area contributed by atoms with Crippen molar-refractivity contribution in [3.63, 3.8) is 0 Å². The molecule has 1 aliphatic carbocycles. The number of benzene rings is 1. The molecule has 2 heterocycles. The van der Waals surface area contributed by atoms with Crippen LogP contribution in [-0.4, -0.2) is 21.6 Å². The monoisotopic (exact) mass is 448 g/mol. The summed E-state index contributed by atoms with van der Waals surface area (Å²) in [6.45, 7) is 0.369. The van der Waals surface area contributed by atoms with Crippen molar-refractivity contribution in [3.05, 3.63) is 88.0 Å². The highest BCUT2D eigenvalue weighted by Gasteiger charge is 2.20. The molecule has 1 aromatic carbocycles. The van der Waals surface area contributed by atoms with E-state index in [0.29, 0.717) is 29.4 Å². The van der Waals surface area contributed by atoms with Gasteiger partial charge >= 0.3 is 0 Å². The lowest BCUT2D eigenvalue weighted by Crippen LogP contribution is -2.09. The van der Waals surface area contributed by atoms with Crippen LogP contribution in [0.3, 0.4) is 0 Å². The minimum Gasteiger partial charge on any atom is -0.475 e. The number of hydrogen-bond acceptors (Lipinski definition) is 5. The predicted octanol–water partition coefficient (Wildman–Crippen LogP) is 5.99. The van der Waals surface area contributed by atoms with Gasteiger partial charge in [0.15, 0.2) is 0 Å². The molecule has 0 amide bonds. The van der Waals surface area contributed by atoms with E-state index in [1.807, 2.05) is 36.4 Å². The summed E-state index contributed by atoms with van der Waals surface area (Å²) in [7, 11) is 0. The Kier molecular flexibility index (Phi) is 6.61. The Morgan fingerprint density at radius 3 is 2.39 bits per heavy atom. The maximum absolute atomic E-state index is 9.69. The Morgan fingerprint density at radius 1 is 0.935 bits per heavy atom. The second-order valence-electron chi connectivity index (χ2n) is 6.95. The summed E-state index contributed by atoms with van der Waals surface area (Å²) >= 11 is 12.2. The van der Waals surface area contributed by atoms with E-state index in [9.17, 15) is 5.26 Å². The Balaban J connectivity index is 1.71. The number of hydrogen-bond donors (Lipinski definition) is 0. The molecule has 0 saturated carbocycles. The second kappa shape index (κ2) is 9.74. The zero-order valence-electron chi connectivity index (χ0n) is 16.6. The number of pyridine rings is 1. The van der Waals surface area contributed by atoms with Gasteiger partial charge in [-0.25, -0.2) is 9.97 Å². The SMILES string of the molecule is N#Cc1nc(C2=CC=C(Cl)CC2)c(-c2ccc(Cl)cc2)nc1OCCc1ccncc1. The topological polar surface area (TPSA) is 71.7 Å². The summed E-state index contributed by atoms with van der Waals surface area (Å²) < 4.78 is 5.88. The van der Waals surface area contributed by atoms with Gasteiger partial charge < -0.3 is 4.74 Å². The van der Waals surface area contributed by atoms with E-state index in [-0.39, 0.29) is 11.6 Å². The molecule has 0 bridgehead atoms. The average molecular weight is 449 g/mol. The van der Waals surface area contributed by atoms with Crippen LogP contribution in [0.15, 0.2) is 66.0 Å². The minimum atomic E-state index is 0.156. The van der Waals surface area contributed by atoms with Crippen LogP contribution in [0, 0.1) is 11.3 Å². The molecule has 5 nitrogen and oxygen atoms in total. The summed E-state index contributed by atoms with van der Waals surface area (Å²) in [6, 6.07) is 13.3. The number of halogens is 2. The molecule has 0 radical (unpaired) electrons. The van der Waals surface area contributed by atoms with E-state index in [0.717, 1.165) is 34.6 Å². The average Bonchev–Trinajstić information content (AvgIpc) is 2.80. The summed E-state index contributed by atoms with van der Waals surface area (Å²) in [6.07, 6.45) is 9.38. The molecule has 1 aliphatic rings. The zero-order valence-corrected chi connectivity index (χ0v) is 18.1. The summed E-state index contributed by atoms with van der Waals surface area (Å²) in [5.41, 5.74) is 4.36. The van der Waals surface area contributed by atoms with Gasteiger partial charge in [-0.1, -0.05) is 41.4 Å². The molecular weight excluding hydrogens is 431 g/mol. The molecule has 2 aromatic heterocycles. The Morgan fingerprint density at radius 2 is 1.71 bits per heavy atom. The first-order valence-corrected chi connectivity index (χ1v) is 10.5. The van der Waals surface area contributed by atoms with Crippen molar-refractivity contribution in [1.82, 2.24) is 15.0 Å². The van der Waals surface area contributed by atoms with Crippen LogP contribution in [0.5, 0.6) is 5.88 Å². The summed E-state index contributed by atoms with van der Waals surface area (Å²) in [5.74, 6) is 0.218. The fourth-order valence-corrected chi connectivity index (χ4v) is 3.53. The van der Waals surface area contributed by atoms with Crippen molar-refractivity contribution in [3.8, 4) is 23.2 Å². The Bertz CT molecular complexity index is 1180. The number of allylic oxidation sites excluding steroid dienone is 4. The molecule has 0 N–H and O–H groups in total. The van der Waals surface area contributed by atoms with Crippen LogP contribution >= 0.6 is 23.2 Å². The molecule has 7 heteroatoms. The van der Waals surface area contributed by atoms with E-state index >= 15 is 0 Å². The molecule has 0 atom stereocenters. The molecule has 154 valence electrons. The van der Waals surface area contributed by atoms with Crippen LogP contribution < -0.4 is 4.74 Å². The van der Waals surface area contributed by atoms with Crippen LogP contribution in [0.25, 0.3) is 16.8 Å². The van der Waals surface area contributed by atoms with E-state index < -0.39 is 0 Å². The third-order valence-electron chi connectivity index (χ3n) is 4.87. The van der Waals surface area contributed by atoms with Crippen molar-refractivity contribution in [2.75, 3.05) is 6.61 Å². The van der Waals surface area contributed by atoms with Gasteiger partial charge in [0.05, 0.1) is 12.3 Å². The Labute approximate surface area is 190 Å². The molecule has 0 fully saturated rings. The first-order chi connectivity index (χ1) is 15.1.